The molecule has 0 aliphatic rings. The van der Waals surface area contributed by atoms with Crippen LogP contribution in [0.2, 0.25) is 0 Å². The fourth-order valence-corrected chi connectivity index (χ4v) is 1.34. The van der Waals surface area contributed by atoms with Crippen LogP contribution in [0.4, 0.5) is 5.69 Å². The molecule has 1 aromatic rings. The lowest BCUT2D eigenvalue weighted by Gasteiger charge is -2.11. The first-order valence-electron chi connectivity index (χ1n) is 5.83. The first-order chi connectivity index (χ1) is 9.81. The van der Waals surface area contributed by atoms with Crippen LogP contribution in [0.15, 0.2) is 24.3 Å². The van der Waals surface area contributed by atoms with Crippen molar-refractivity contribution in [1.82, 2.24) is 4.90 Å². The SMILES string of the molecule is CN(C)C(=O)COc1ccc(/C=C/C(=O)O)cc1[N+](=O)[O-]. The number of carbonyl (C=O) groups excluding carboxylic acids is 1. The molecule has 0 radical (unpaired) electrons. The maximum Gasteiger partial charge on any atom is 0.328 e. The molecular weight excluding hydrogens is 280 g/mol. The second-order valence-corrected chi connectivity index (χ2v) is 4.23. The van der Waals surface area contributed by atoms with E-state index in [1.54, 1.807) is 14.1 Å². The Labute approximate surface area is 120 Å². The predicted molar refractivity (Wildman–Crippen MR) is 74.0 cm³/mol. The van der Waals surface area contributed by atoms with E-state index in [0.717, 1.165) is 6.08 Å². The van der Waals surface area contributed by atoms with Gasteiger partial charge in [-0.05, 0) is 17.7 Å². The number of carboxylic acids is 1. The number of amides is 1. The molecule has 0 aliphatic carbocycles. The van der Waals surface area contributed by atoms with Crippen LogP contribution in [0, 0.1) is 10.1 Å². The minimum atomic E-state index is -1.16. The Morgan fingerprint density at radius 2 is 2.10 bits per heavy atom. The first kappa shape index (κ1) is 16.2. The molecule has 1 rings (SSSR count). The lowest BCUT2D eigenvalue weighted by Crippen LogP contribution is -2.27. The van der Waals surface area contributed by atoms with E-state index < -0.39 is 10.9 Å². The van der Waals surface area contributed by atoms with Crippen molar-refractivity contribution in [2.24, 2.45) is 0 Å². The normalized spacial score (nSPS) is 10.4. The molecule has 1 N–H and O–H groups in total. The molecule has 1 aromatic carbocycles. The molecule has 0 aromatic heterocycles. The average Bonchev–Trinajstić information content (AvgIpc) is 2.42. The Morgan fingerprint density at radius 1 is 1.43 bits per heavy atom. The molecule has 0 spiro atoms. The van der Waals surface area contributed by atoms with Crippen molar-refractivity contribution < 1.29 is 24.4 Å². The highest BCUT2D eigenvalue weighted by Gasteiger charge is 2.17. The summed E-state index contributed by atoms with van der Waals surface area (Å²) in [6.45, 7) is -0.321. The zero-order chi connectivity index (χ0) is 16.0. The van der Waals surface area contributed by atoms with E-state index in [9.17, 15) is 19.7 Å². The van der Waals surface area contributed by atoms with Crippen molar-refractivity contribution in [3.8, 4) is 5.75 Å². The summed E-state index contributed by atoms with van der Waals surface area (Å²) in [5.41, 5.74) is 0.00415. The summed E-state index contributed by atoms with van der Waals surface area (Å²) in [4.78, 5) is 33.4. The van der Waals surface area contributed by atoms with Gasteiger partial charge < -0.3 is 14.7 Å². The molecule has 1 amide bonds. The number of nitro groups is 1. The number of carbonyl (C=O) groups is 2. The van der Waals surface area contributed by atoms with Crippen molar-refractivity contribution in [2.45, 2.75) is 0 Å². The highest BCUT2D eigenvalue weighted by atomic mass is 16.6. The third-order valence-electron chi connectivity index (χ3n) is 2.45. The van der Waals surface area contributed by atoms with E-state index in [-0.39, 0.29) is 24.0 Å². The Hall–Kier alpha value is -2.90. The van der Waals surface area contributed by atoms with Crippen molar-refractivity contribution in [3.63, 3.8) is 0 Å². The third kappa shape index (κ3) is 4.94. The van der Waals surface area contributed by atoms with Gasteiger partial charge in [-0.1, -0.05) is 6.07 Å². The molecule has 0 aliphatic heterocycles. The zero-order valence-corrected chi connectivity index (χ0v) is 11.5. The molecule has 0 atom stereocenters. The maximum absolute atomic E-state index is 11.4. The summed E-state index contributed by atoms with van der Waals surface area (Å²) in [5.74, 6) is -1.55. The molecule has 0 fully saturated rings. The van der Waals surface area contributed by atoms with E-state index >= 15 is 0 Å². The largest absolute Gasteiger partial charge is 0.478 e. The van der Waals surface area contributed by atoms with Crippen molar-refractivity contribution in [2.75, 3.05) is 20.7 Å². The number of likely N-dealkylation sites (N-methyl/N-ethyl adjacent to an activating group) is 1. The van der Waals surface area contributed by atoms with Gasteiger partial charge in [-0.15, -0.1) is 0 Å². The van der Waals surface area contributed by atoms with Gasteiger partial charge in [0.05, 0.1) is 4.92 Å². The number of nitro benzene ring substituents is 1. The van der Waals surface area contributed by atoms with Gasteiger partial charge in [0.2, 0.25) is 0 Å². The molecule has 8 heteroatoms. The van der Waals surface area contributed by atoms with Crippen LogP contribution < -0.4 is 4.74 Å². The van der Waals surface area contributed by atoms with Crippen LogP contribution in [-0.2, 0) is 9.59 Å². The fourth-order valence-electron chi connectivity index (χ4n) is 1.34. The van der Waals surface area contributed by atoms with Gasteiger partial charge in [-0.3, -0.25) is 14.9 Å². The molecule has 0 heterocycles. The number of rotatable bonds is 6. The summed E-state index contributed by atoms with van der Waals surface area (Å²) < 4.78 is 5.13. The number of aliphatic carboxylic acids is 1. The van der Waals surface area contributed by atoms with E-state index in [0.29, 0.717) is 5.56 Å². The van der Waals surface area contributed by atoms with Crippen molar-refractivity contribution >= 4 is 23.6 Å². The summed E-state index contributed by atoms with van der Waals surface area (Å²) in [6.07, 6.45) is 2.10. The molecule has 8 nitrogen and oxygen atoms in total. The minimum Gasteiger partial charge on any atom is -0.478 e. The van der Waals surface area contributed by atoms with Gasteiger partial charge in [-0.25, -0.2) is 4.79 Å². The van der Waals surface area contributed by atoms with Gasteiger partial charge in [0.15, 0.2) is 12.4 Å². The molecule has 0 saturated carbocycles. The maximum atomic E-state index is 11.4. The molecule has 21 heavy (non-hydrogen) atoms. The van der Waals surface area contributed by atoms with E-state index in [1.807, 2.05) is 0 Å². The highest BCUT2D eigenvalue weighted by Crippen LogP contribution is 2.28. The number of carboxylic acid groups (broad SMARTS) is 1. The van der Waals surface area contributed by atoms with Crippen LogP contribution in [-0.4, -0.2) is 47.5 Å². The Morgan fingerprint density at radius 3 is 2.62 bits per heavy atom. The predicted octanol–water partition coefficient (Wildman–Crippen LogP) is 1.16. The van der Waals surface area contributed by atoms with Gasteiger partial charge in [0.1, 0.15) is 0 Å². The van der Waals surface area contributed by atoms with Gasteiger partial charge >= 0.3 is 11.7 Å². The lowest BCUT2D eigenvalue weighted by molar-refractivity contribution is -0.385. The first-order valence-corrected chi connectivity index (χ1v) is 5.83. The number of hydrogen-bond acceptors (Lipinski definition) is 5. The highest BCUT2D eigenvalue weighted by molar-refractivity contribution is 5.85. The van der Waals surface area contributed by atoms with E-state index in [4.69, 9.17) is 9.84 Å². The summed E-state index contributed by atoms with van der Waals surface area (Å²) in [7, 11) is 3.08. The third-order valence-corrected chi connectivity index (χ3v) is 2.45. The van der Waals surface area contributed by atoms with Crippen LogP contribution in [0.3, 0.4) is 0 Å². The van der Waals surface area contributed by atoms with E-state index in [1.165, 1.54) is 29.2 Å². The molecule has 0 bridgehead atoms. The van der Waals surface area contributed by atoms with Crippen LogP contribution in [0.25, 0.3) is 6.08 Å². The number of ether oxygens (including phenoxy) is 1. The molecule has 112 valence electrons. The fraction of sp³-hybridized carbons (Fsp3) is 0.231. The van der Waals surface area contributed by atoms with Gasteiger partial charge in [0, 0.05) is 26.2 Å². The van der Waals surface area contributed by atoms with Crippen LogP contribution in [0.1, 0.15) is 5.56 Å². The summed E-state index contributed by atoms with van der Waals surface area (Å²) in [6, 6.07) is 3.96. The second-order valence-electron chi connectivity index (χ2n) is 4.23. The Kier molecular flexibility index (Phi) is 5.41. The smallest absolute Gasteiger partial charge is 0.328 e. The van der Waals surface area contributed by atoms with Crippen molar-refractivity contribution in [3.05, 3.63) is 40.0 Å². The van der Waals surface area contributed by atoms with Crippen LogP contribution >= 0.6 is 0 Å². The zero-order valence-electron chi connectivity index (χ0n) is 11.5. The topological polar surface area (TPSA) is 110 Å². The number of benzene rings is 1. The standard InChI is InChI=1S/C13H14N2O6/c1-14(2)12(16)8-21-11-5-3-9(4-6-13(17)18)7-10(11)15(19)20/h3-7H,8H2,1-2H3,(H,17,18)/b6-4+. The summed E-state index contributed by atoms with van der Waals surface area (Å²) >= 11 is 0. The minimum absolute atomic E-state index is 0.0531. The molecular formula is C13H14N2O6. The van der Waals surface area contributed by atoms with Gasteiger partial charge in [-0.2, -0.15) is 0 Å². The average molecular weight is 294 g/mol. The van der Waals surface area contributed by atoms with Crippen molar-refractivity contribution in [1.29, 1.82) is 0 Å². The number of nitrogens with zero attached hydrogens (tertiary/aromatic N) is 2. The number of hydrogen-bond donors (Lipinski definition) is 1. The molecule has 0 unspecified atom stereocenters. The van der Waals surface area contributed by atoms with Gasteiger partial charge in [0.25, 0.3) is 5.91 Å². The second kappa shape index (κ2) is 7.04. The van der Waals surface area contributed by atoms with Crippen LogP contribution in [0.5, 0.6) is 5.75 Å². The Bertz CT molecular complexity index is 594. The molecule has 0 saturated heterocycles. The van der Waals surface area contributed by atoms with E-state index in [2.05, 4.69) is 0 Å². The monoisotopic (exact) mass is 294 g/mol. The lowest BCUT2D eigenvalue weighted by atomic mass is 10.1. The quantitative estimate of drug-likeness (QED) is 0.479. The summed E-state index contributed by atoms with van der Waals surface area (Å²) in [5, 5.41) is 19.5. The Balaban J connectivity index is 2.97.